The Balaban J connectivity index is 1.83. The average Bonchev–Trinajstić information content (AvgIpc) is 2.52. The first-order chi connectivity index (χ1) is 6.72. The lowest BCUT2D eigenvalue weighted by molar-refractivity contribution is 0.0821. The van der Waals surface area contributed by atoms with Crippen molar-refractivity contribution >= 4 is 0 Å². The molecule has 3 atom stereocenters. The van der Waals surface area contributed by atoms with Crippen molar-refractivity contribution in [2.45, 2.75) is 31.3 Å². The van der Waals surface area contributed by atoms with Crippen molar-refractivity contribution in [3.8, 4) is 0 Å². The van der Waals surface area contributed by atoms with E-state index in [4.69, 9.17) is 5.73 Å². The summed E-state index contributed by atoms with van der Waals surface area (Å²) in [7, 11) is 4.38. The summed E-state index contributed by atoms with van der Waals surface area (Å²) in [5.74, 6) is 0.788. The molecule has 2 aliphatic rings. The summed E-state index contributed by atoms with van der Waals surface area (Å²) in [6.07, 6.45) is 4.06. The van der Waals surface area contributed by atoms with Gasteiger partial charge in [-0.05, 0) is 45.8 Å². The Morgan fingerprint density at radius 2 is 2.07 bits per heavy atom. The first kappa shape index (κ1) is 10.4. The lowest BCUT2D eigenvalue weighted by Gasteiger charge is -2.42. The van der Waals surface area contributed by atoms with E-state index in [2.05, 4.69) is 23.9 Å². The minimum absolute atomic E-state index is 0.772. The van der Waals surface area contributed by atoms with Gasteiger partial charge in [0.1, 0.15) is 0 Å². The van der Waals surface area contributed by atoms with Crippen LogP contribution in [0.1, 0.15) is 19.3 Å². The lowest BCUT2D eigenvalue weighted by atomic mass is 9.79. The number of likely N-dealkylation sites (tertiary alicyclic amines) is 1. The fraction of sp³-hybridized carbons (Fsp3) is 1.00. The van der Waals surface area contributed by atoms with E-state index in [1.54, 1.807) is 0 Å². The van der Waals surface area contributed by atoms with Crippen LogP contribution in [0.5, 0.6) is 0 Å². The van der Waals surface area contributed by atoms with Crippen LogP contribution in [0, 0.1) is 5.92 Å². The van der Waals surface area contributed by atoms with Crippen molar-refractivity contribution in [2.75, 3.05) is 33.7 Å². The quantitative estimate of drug-likeness (QED) is 0.709. The zero-order chi connectivity index (χ0) is 10.1. The van der Waals surface area contributed by atoms with E-state index < -0.39 is 0 Å². The van der Waals surface area contributed by atoms with E-state index >= 15 is 0 Å². The molecule has 0 spiro atoms. The van der Waals surface area contributed by atoms with Crippen molar-refractivity contribution in [1.29, 1.82) is 0 Å². The van der Waals surface area contributed by atoms with E-state index in [9.17, 15) is 0 Å². The van der Waals surface area contributed by atoms with Gasteiger partial charge >= 0.3 is 0 Å². The van der Waals surface area contributed by atoms with Gasteiger partial charge < -0.3 is 10.6 Å². The molecule has 3 nitrogen and oxygen atoms in total. The Hall–Kier alpha value is -0.120. The van der Waals surface area contributed by atoms with Crippen LogP contribution in [0.15, 0.2) is 0 Å². The minimum atomic E-state index is 0.772. The van der Waals surface area contributed by atoms with Crippen molar-refractivity contribution in [3.63, 3.8) is 0 Å². The van der Waals surface area contributed by atoms with Crippen LogP contribution in [0.3, 0.4) is 0 Å². The molecule has 0 aromatic carbocycles. The highest BCUT2D eigenvalue weighted by atomic mass is 15.3. The van der Waals surface area contributed by atoms with Crippen LogP contribution in [-0.4, -0.2) is 55.6 Å². The molecule has 0 aromatic rings. The molecular formula is C11H23N3. The SMILES string of the molecule is CN(C)C1CCN(C2CCC2CN)C1. The van der Waals surface area contributed by atoms with Gasteiger partial charge in [0.2, 0.25) is 0 Å². The van der Waals surface area contributed by atoms with E-state index in [0.717, 1.165) is 24.5 Å². The molecule has 0 bridgehead atoms. The maximum Gasteiger partial charge on any atom is 0.0229 e. The molecule has 1 aliphatic carbocycles. The highest BCUT2D eigenvalue weighted by Crippen LogP contribution is 2.33. The first-order valence-corrected chi connectivity index (χ1v) is 5.83. The summed E-state index contributed by atoms with van der Waals surface area (Å²) in [5, 5.41) is 0. The van der Waals surface area contributed by atoms with Gasteiger partial charge in [0.05, 0.1) is 0 Å². The highest BCUT2D eigenvalue weighted by Gasteiger charge is 2.38. The monoisotopic (exact) mass is 197 g/mol. The van der Waals surface area contributed by atoms with Gasteiger partial charge in [-0.3, -0.25) is 4.90 Å². The molecule has 0 aromatic heterocycles. The Morgan fingerprint density at radius 1 is 1.29 bits per heavy atom. The van der Waals surface area contributed by atoms with Crippen LogP contribution in [0.25, 0.3) is 0 Å². The molecule has 2 fully saturated rings. The molecule has 14 heavy (non-hydrogen) atoms. The molecule has 3 unspecified atom stereocenters. The minimum Gasteiger partial charge on any atom is -0.330 e. The normalized spacial score (nSPS) is 39.0. The number of nitrogens with two attached hydrogens (primary N) is 1. The maximum atomic E-state index is 5.75. The fourth-order valence-electron chi connectivity index (χ4n) is 2.80. The molecule has 0 amide bonds. The van der Waals surface area contributed by atoms with E-state index in [1.165, 1.54) is 32.4 Å². The second-order valence-corrected chi connectivity index (χ2v) is 5.04. The zero-order valence-corrected chi connectivity index (χ0v) is 9.45. The molecule has 1 saturated carbocycles. The second kappa shape index (κ2) is 4.17. The van der Waals surface area contributed by atoms with E-state index in [0.29, 0.717) is 0 Å². The maximum absolute atomic E-state index is 5.75. The molecule has 82 valence electrons. The smallest absolute Gasteiger partial charge is 0.0229 e. The van der Waals surface area contributed by atoms with Crippen LogP contribution in [0.2, 0.25) is 0 Å². The van der Waals surface area contributed by atoms with E-state index in [1.807, 2.05) is 0 Å². The number of hydrogen-bond acceptors (Lipinski definition) is 3. The standard InChI is InChI=1S/C11H23N3/c1-13(2)10-5-6-14(8-10)11-4-3-9(11)7-12/h9-11H,3-8,12H2,1-2H3. The van der Waals surface area contributed by atoms with Crippen LogP contribution in [-0.2, 0) is 0 Å². The summed E-state index contributed by atoms with van der Waals surface area (Å²) >= 11 is 0. The van der Waals surface area contributed by atoms with Crippen molar-refractivity contribution in [2.24, 2.45) is 11.7 Å². The summed E-state index contributed by atoms with van der Waals surface area (Å²) in [5.41, 5.74) is 5.75. The topological polar surface area (TPSA) is 32.5 Å². The third kappa shape index (κ3) is 1.81. The molecular weight excluding hydrogens is 174 g/mol. The molecule has 3 heteroatoms. The van der Waals surface area contributed by atoms with Crippen LogP contribution < -0.4 is 5.73 Å². The van der Waals surface area contributed by atoms with Gasteiger partial charge in [0.15, 0.2) is 0 Å². The molecule has 1 saturated heterocycles. The molecule has 2 rings (SSSR count). The van der Waals surface area contributed by atoms with Gasteiger partial charge in [-0.15, -0.1) is 0 Å². The number of hydrogen-bond donors (Lipinski definition) is 1. The summed E-state index contributed by atoms with van der Waals surface area (Å²) in [4.78, 5) is 5.02. The van der Waals surface area contributed by atoms with Gasteiger partial charge in [-0.2, -0.15) is 0 Å². The lowest BCUT2D eigenvalue weighted by Crippen LogP contribution is -2.49. The second-order valence-electron chi connectivity index (χ2n) is 5.04. The van der Waals surface area contributed by atoms with Crippen molar-refractivity contribution in [3.05, 3.63) is 0 Å². The van der Waals surface area contributed by atoms with Gasteiger partial charge in [-0.1, -0.05) is 0 Å². The van der Waals surface area contributed by atoms with Gasteiger partial charge in [0.25, 0.3) is 0 Å². The van der Waals surface area contributed by atoms with Gasteiger partial charge in [-0.25, -0.2) is 0 Å². The first-order valence-electron chi connectivity index (χ1n) is 5.83. The molecule has 2 N–H and O–H groups in total. The summed E-state index contributed by atoms with van der Waals surface area (Å²) in [6, 6.07) is 1.58. The molecule has 1 heterocycles. The third-order valence-electron chi connectivity index (χ3n) is 4.07. The number of likely N-dealkylation sites (N-methyl/N-ethyl adjacent to an activating group) is 1. The molecule has 1 aliphatic heterocycles. The summed E-state index contributed by atoms with van der Waals surface area (Å²) < 4.78 is 0. The van der Waals surface area contributed by atoms with E-state index in [-0.39, 0.29) is 0 Å². The Labute approximate surface area is 87.2 Å². The summed E-state index contributed by atoms with van der Waals surface area (Å²) in [6.45, 7) is 3.42. The van der Waals surface area contributed by atoms with Crippen molar-refractivity contribution in [1.82, 2.24) is 9.80 Å². The Bertz CT molecular complexity index is 191. The average molecular weight is 197 g/mol. The molecule has 0 radical (unpaired) electrons. The Morgan fingerprint density at radius 3 is 2.50 bits per heavy atom. The number of nitrogens with zero attached hydrogens (tertiary/aromatic N) is 2. The number of rotatable bonds is 3. The zero-order valence-electron chi connectivity index (χ0n) is 9.45. The predicted octanol–water partition coefficient (Wildman–Crippen LogP) is 0.360. The predicted molar refractivity (Wildman–Crippen MR) is 59.2 cm³/mol. The largest absolute Gasteiger partial charge is 0.330 e. The van der Waals surface area contributed by atoms with Crippen LogP contribution >= 0.6 is 0 Å². The highest BCUT2D eigenvalue weighted by molar-refractivity contribution is 4.94. The fourth-order valence-corrected chi connectivity index (χ4v) is 2.80. The Kier molecular flexibility index (Phi) is 3.10. The van der Waals surface area contributed by atoms with Gasteiger partial charge in [0, 0.05) is 25.2 Å². The third-order valence-corrected chi connectivity index (χ3v) is 4.07. The van der Waals surface area contributed by atoms with Crippen molar-refractivity contribution < 1.29 is 0 Å². The van der Waals surface area contributed by atoms with Crippen LogP contribution in [0.4, 0.5) is 0 Å².